The van der Waals surface area contributed by atoms with Gasteiger partial charge in [0.1, 0.15) is 0 Å². The quantitative estimate of drug-likeness (QED) is 0.821. The zero-order chi connectivity index (χ0) is 19.3. The molecule has 142 valence electrons. The van der Waals surface area contributed by atoms with Crippen molar-refractivity contribution in [3.05, 3.63) is 17.7 Å². The van der Waals surface area contributed by atoms with Crippen LogP contribution in [0.4, 0.5) is 4.79 Å². The smallest absolute Gasteiger partial charge is 0.489 e. The summed E-state index contributed by atoms with van der Waals surface area (Å²) < 4.78 is 23.6. The number of carbonyl (C=O) groups excluding carboxylic acids is 1. The van der Waals surface area contributed by atoms with Gasteiger partial charge in [-0.15, -0.1) is 0 Å². The number of carbonyl (C=O) groups is 1. The predicted octanol–water partition coefficient (Wildman–Crippen LogP) is 2.81. The lowest BCUT2D eigenvalue weighted by Crippen LogP contribution is -2.42. The van der Waals surface area contributed by atoms with Gasteiger partial charge >= 0.3 is 13.2 Å². The van der Waals surface area contributed by atoms with Gasteiger partial charge in [0.25, 0.3) is 0 Å². The predicted molar refractivity (Wildman–Crippen MR) is 100 cm³/mol. The van der Waals surface area contributed by atoms with Crippen LogP contribution in [0.5, 0.6) is 11.5 Å². The Bertz CT molecular complexity index is 707. The van der Waals surface area contributed by atoms with Gasteiger partial charge in [-0.3, -0.25) is 0 Å². The highest BCUT2D eigenvalue weighted by Gasteiger charge is 2.52. The number of hydrogen-bond donors (Lipinski definition) is 1. The summed E-state index contributed by atoms with van der Waals surface area (Å²) in [6, 6.07) is 3.64. The molecule has 2 aliphatic rings. The molecule has 1 aromatic rings. The van der Waals surface area contributed by atoms with E-state index in [9.17, 15) is 4.79 Å². The Balaban J connectivity index is 1.86. The SMILES string of the molecule is CC(C)(C)NC(=O)Oc1ccc(B2OC(C)(C)C(C)(C)O2)c2c1OCC2. The fourth-order valence-electron chi connectivity index (χ4n) is 3.00. The van der Waals surface area contributed by atoms with Crippen LogP contribution in [-0.4, -0.2) is 36.6 Å². The summed E-state index contributed by atoms with van der Waals surface area (Å²) in [4.78, 5) is 12.1. The zero-order valence-corrected chi connectivity index (χ0v) is 16.7. The van der Waals surface area contributed by atoms with E-state index < -0.39 is 24.4 Å². The first-order chi connectivity index (χ1) is 11.9. The molecule has 0 unspecified atom stereocenters. The normalized spacial score (nSPS) is 20.5. The molecule has 1 fully saturated rings. The second kappa shape index (κ2) is 6.17. The highest BCUT2D eigenvalue weighted by Crippen LogP contribution is 2.39. The van der Waals surface area contributed by atoms with Gasteiger partial charge in [0, 0.05) is 17.5 Å². The van der Waals surface area contributed by atoms with Crippen LogP contribution in [0.15, 0.2) is 12.1 Å². The van der Waals surface area contributed by atoms with Gasteiger partial charge in [-0.25, -0.2) is 4.79 Å². The molecule has 26 heavy (non-hydrogen) atoms. The molecule has 1 aromatic carbocycles. The van der Waals surface area contributed by atoms with Crippen LogP contribution in [0.2, 0.25) is 0 Å². The number of benzene rings is 1. The second-order valence-corrected chi connectivity index (χ2v) is 8.91. The lowest BCUT2D eigenvalue weighted by Gasteiger charge is -2.32. The topological polar surface area (TPSA) is 66.0 Å². The number of fused-ring (bicyclic) bond motifs is 1. The van der Waals surface area contributed by atoms with Gasteiger partial charge in [-0.2, -0.15) is 0 Å². The number of amides is 1. The summed E-state index contributed by atoms with van der Waals surface area (Å²) in [7, 11) is -0.465. The van der Waals surface area contributed by atoms with E-state index in [0.29, 0.717) is 18.1 Å². The molecule has 0 saturated carbocycles. The third-order valence-electron chi connectivity index (χ3n) is 5.05. The minimum atomic E-state index is -0.501. The van der Waals surface area contributed by atoms with Crippen LogP contribution >= 0.6 is 0 Å². The molecule has 2 heterocycles. The van der Waals surface area contributed by atoms with Crippen molar-refractivity contribution in [2.45, 2.75) is 71.6 Å². The van der Waals surface area contributed by atoms with Crippen molar-refractivity contribution in [1.29, 1.82) is 0 Å². The Morgan fingerprint density at radius 1 is 1.15 bits per heavy atom. The average molecular weight is 361 g/mol. The molecule has 0 aliphatic carbocycles. The molecular weight excluding hydrogens is 333 g/mol. The van der Waals surface area contributed by atoms with E-state index in [1.807, 2.05) is 54.5 Å². The van der Waals surface area contributed by atoms with E-state index in [1.54, 1.807) is 6.07 Å². The molecule has 0 spiro atoms. The number of nitrogens with one attached hydrogen (secondary N) is 1. The molecule has 0 bridgehead atoms. The highest BCUT2D eigenvalue weighted by molar-refractivity contribution is 6.62. The lowest BCUT2D eigenvalue weighted by molar-refractivity contribution is 0.00578. The second-order valence-electron chi connectivity index (χ2n) is 8.91. The lowest BCUT2D eigenvalue weighted by atomic mass is 9.75. The maximum absolute atomic E-state index is 12.1. The molecule has 0 radical (unpaired) electrons. The van der Waals surface area contributed by atoms with Gasteiger partial charge in [-0.05, 0) is 60.0 Å². The van der Waals surface area contributed by atoms with Crippen molar-refractivity contribution in [2.24, 2.45) is 0 Å². The van der Waals surface area contributed by atoms with Crippen LogP contribution in [-0.2, 0) is 15.7 Å². The molecule has 1 N–H and O–H groups in total. The molecule has 0 atom stereocenters. The van der Waals surface area contributed by atoms with E-state index in [4.69, 9.17) is 18.8 Å². The van der Waals surface area contributed by atoms with Gasteiger partial charge in [0.05, 0.1) is 17.8 Å². The number of rotatable bonds is 2. The third-order valence-corrected chi connectivity index (χ3v) is 5.05. The maximum Gasteiger partial charge on any atom is 0.495 e. The highest BCUT2D eigenvalue weighted by atomic mass is 16.7. The third kappa shape index (κ3) is 3.55. The van der Waals surface area contributed by atoms with Gasteiger partial charge in [0.2, 0.25) is 0 Å². The summed E-state index contributed by atoms with van der Waals surface area (Å²) >= 11 is 0. The Labute approximate surface area is 155 Å². The monoisotopic (exact) mass is 361 g/mol. The minimum absolute atomic E-state index is 0.371. The van der Waals surface area contributed by atoms with Crippen molar-refractivity contribution in [3.8, 4) is 11.5 Å². The van der Waals surface area contributed by atoms with Crippen molar-refractivity contribution in [3.63, 3.8) is 0 Å². The standard InChI is InChI=1S/C19H28BNO5/c1-17(2,3)21-16(22)24-14-9-8-13(12-10-11-23-15(12)14)20-25-18(4,5)19(6,7)26-20/h8-9H,10-11H2,1-7H3,(H,21,22). The summed E-state index contributed by atoms with van der Waals surface area (Å²) in [5.74, 6) is 1.01. The van der Waals surface area contributed by atoms with Crippen molar-refractivity contribution < 1.29 is 23.6 Å². The van der Waals surface area contributed by atoms with Gasteiger partial charge in [0.15, 0.2) is 11.5 Å². The summed E-state index contributed by atoms with van der Waals surface area (Å²) in [6.07, 6.45) is 0.228. The van der Waals surface area contributed by atoms with E-state index >= 15 is 0 Å². The average Bonchev–Trinajstić information content (AvgIpc) is 3.00. The Morgan fingerprint density at radius 3 is 2.35 bits per heavy atom. The zero-order valence-electron chi connectivity index (χ0n) is 16.7. The molecule has 0 aromatic heterocycles. The van der Waals surface area contributed by atoms with Crippen LogP contribution in [0.1, 0.15) is 54.0 Å². The van der Waals surface area contributed by atoms with Crippen molar-refractivity contribution in [1.82, 2.24) is 5.32 Å². The number of hydrogen-bond acceptors (Lipinski definition) is 5. The summed E-state index contributed by atoms with van der Waals surface area (Å²) in [6.45, 7) is 14.3. The van der Waals surface area contributed by atoms with Crippen LogP contribution in [0.25, 0.3) is 0 Å². The Hall–Kier alpha value is -1.73. The van der Waals surface area contributed by atoms with Crippen LogP contribution in [0, 0.1) is 0 Å². The van der Waals surface area contributed by atoms with Crippen LogP contribution < -0.4 is 20.3 Å². The fraction of sp³-hybridized carbons (Fsp3) is 0.632. The molecule has 7 heteroatoms. The van der Waals surface area contributed by atoms with E-state index in [0.717, 1.165) is 17.4 Å². The molecule has 2 aliphatic heterocycles. The number of ether oxygens (including phenoxy) is 2. The first kappa shape index (κ1) is 19.0. The Morgan fingerprint density at radius 2 is 1.77 bits per heavy atom. The first-order valence-corrected chi connectivity index (χ1v) is 9.04. The molecule has 1 saturated heterocycles. The molecule has 3 rings (SSSR count). The van der Waals surface area contributed by atoms with Crippen molar-refractivity contribution in [2.75, 3.05) is 6.61 Å². The van der Waals surface area contributed by atoms with E-state index in [2.05, 4.69) is 5.32 Å². The Kier molecular flexibility index (Phi) is 4.52. The van der Waals surface area contributed by atoms with E-state index in [-0.39, 0.29) is 5.54 Å². The van der Waals surface area contributed by atoms with Gasteiger partial charge in [-0.1, -0.05) is 6.07 Å². The molecule has 1 amide bonds. The maximum atomic E-state index is 12.1. The molecule has 6 nitrogen and oxygen atoms in total. The fourth-order valence-corrected chi connectivity index (χ4v) is 3.00. The van der Waals surface area contributed by atoms with E-state index in [1.165, 1.54) is 0 Å². The van der Waals surface area contributed by atoms with Crippen LogP contribution in [0.3, 0.4) is 0 Å². The van der Waals surface area contributed by atoms with Crippen molar-refractivity contribution >= 4 is 18.7 Å². The summed E-state index contributed by atoms with van der Waals surface area (Å²) in [5, 5.41) is 2.78. The largest absolute Gasteiger partial charge is 0.495 e. The summed E-state index contributed by atoms with van der Waals surface area (Å²) in [5.41, 5.74) is 0.714. The van der Waals surface area contributed by atoms with Gasteiger partial charge < -0.3 is 24.1 Å². The minimum Gasteiger partial charge on any atom is -0.489 e. The molecular formula is C19H28BNO5. The first-order valence-electron chi connectivity index (χ1n) is 9.04.